The van der Waals surface area contributed by atoms with E-state index in [1.54, 1.807) is 6.92 Å². The van der Waals surface area contributed by atoms with Gasteiger partial charge in [0.1, 0.15) is 5.70 Å². The van der Waals surface area contributed by atoms with Crippen LogP contribution in [0.2, 0.25) is 0 Å². The largest absolute Gasteiger partial charge is 0.477 e. The lowest BCUT2D eigenvalue weighted by molar-refractivity contribution is -0.878. The molecule has 4 heterocycles. The molecule has 4 N–H and O–H groups in total. The van der Waals surface area contributed by atoms with Crippen LogP contribution in [0.4, 0.5) is 0 Å². The Morgan fingerprint density at radius 3 is 2.65 bits per heavy atom. The zero-order valence-corrected chi connectivity index (χ0v) is 19.3. The Balaban J connectivity index is 1.40. The number of thioether (sulfide) groups is 1. The molecule has 4 aliphatic heterocycles. The van der Waals surface area contributed by atoms with Crippen LogP contribution in [-0.4, -0.2) is 101 Å². The van der Waals surface area contributed by atoms with E-state index in [0.717, 1.165) is 24.0 Å². The third kappa shape index (κ3) is 3.99. The number of carbonyl (C=O) groups excluding carboxylic acids is 2. The maximum atomic E-state index is 12.7. The summed E-state index contributed by atoms with van der Waals surface area (Å²) in [4.78, 5) is 39.2. The van der Waals surface area contributed by atoms with Crippen LogP contribution in [0.15, 0.2) is 10.6 Å². The number of likely N-dealkylation sites (N-methyl/N-ethyl adjacent to an activating group) is 1. The molecule has 0 spiro atoms. The van der Waals surface area contributed by atoms with Crippen LogP contribution in [0.3, 0.4) is 0 Å². The summed E-state index contributed by atoms with van der Waals surface area (Å²) in [6.07, 6.45) is 0.783. The van der Waals surface area contributed by atoms with E-state index in [2.05, 4.69) is 24.7 Å². The Hall–Kier alpha value is -1.62. The number of amides is 2. The van der Waals surface area contributed by atoms with Gasteiger partial charge in [-0.25, -0.2) is 4.79 Å². The fourth-order valence-electron chi connectivity index (χ4n) is 5.56. The SMILES string of the molecule is C[C@@H](O)[C@H]1C(=O)N2C(C(=O)O)=C(S[C@@H]3CN[C@H](C(=O)N[C@H]4CC[N+](C)(C)C4)C3)[C@H](C)[C@H]12. The highest BCUT2D eigenvalue weighted by molar-refractivity contribution is 8.03. The number of nitrogens with zero attached hydrogens (tertiary/aromatic N) is 2. The molecule has 0 bridgehead atoms. The molecule has 9 nitrogen and oxygen atoms in total. The Morgan fingerprint density at radius 2 is 2.06 bits per heavy atom. The molecule has 0 unspecified atom stereocenters. The van der Waals surface area contributed by atoms with Gasteiger partial charge in [0.15, 0.2) is 0 Å². The summed E-state index contributed by atoms with van der Waals surface area (Å²) >= 11 is 1.46. The van der Waals surface area contributed by atoms with Gasteiger partial charge in [0.2, 0.25) is 11.8 Å². The van der Waals surface area contributed by atoms with Gasteiger partial charge in [-0.3, -0.25) is 9.59 Å². The van der Waals surface area contributed by atoms with Crippen molar-refractivity contribution < 1.29 is 29.1 Å². The summed E-state index contributed by atoms with van der Waals surface area (Å²) in [5, 5.41) is 26.2. The van der Waals surface area contributed by atoms with Gasteiger partial charge in [-0.1, -0.05) is 6.92 Å². The van der Waals surface area contributed by atoms with E-state index in [4.69, 9.17) is 0 Å². The average Bonchev–Trinajstić information content (AvgIpc) is 3.32. The van der Waals surface area contributed by atoms with Crippen LogP contribution >= 0.6 is 11.8 Å². The van der Waals surface area contributed by atoms with Crippen molar-refractivity contribution in [2.45, 2.75) is 56.2 Å². The molecule has 4 aliphatic rings. The van der Waals surface area contributed by atoms with Crippen LogP contribution < -0.4 is 10.6 Å². The third-order valence-electron chi connectivity index (χ3n) is 7.16. The average molecular weight is 454 g/mol. The van der Waals surface area contributed by atoms with Crippen molar-refractivity contribution in [3.8, 4) is 0 Å². The first-order valence-electron chi connectivity index (χ1n) is 11.0. The predicted molar refractivity (Wildman–Crippen MR) is 116 cm³/mol. The number of fused-ring (bicyclic) bond motifs is 1. The minimum atomic E-state index is -1.11. The quantitative estimate of drug-likeness (QED) is 0.318. The first-order chi connectivity index (χ1) is 14.5. The number of quaternary nitrogens is 1. The summed E-state index contributed by atoms with van der Waals surface area (Å²) in [6.45, 7) is 6.09. The molecule has 0 aromatic carbocycles. The number of carboxylic acid groups (broad SMARTS) is 1. The number of carboxylic acids is 1. The van der Waals surface area contributed by atoms with Gasteiger partial charge in [-0.15, -0.1) is 11.8 Å². The van der Waals surface area contributed by atoms with E-state index in [1.165, 1.54) is 16.7 Å². The van der Waals surface area contributed by atoms with Crippen LogP contribution in [0.25, 0.3) is 0 Å². The fourth-order valence-corrected chi connectivity index (χ4v) is 7.03. The highest BCUT2D eigenvalue weighted by Crippen LogP contribution is 2.51. The second-order valence-electron chi connectivity index (χ2n) is 10.0. The number of hydrogen-bond acceptors (Lipinski definition) is 6. The summed E-state index contributed by atoms with van der Waals surface area (Å²) in [6, 6.07) is -0.402. The van der Waals surface area contributed by atoms with Crippen molar-refractivity contribution >= 4 is 29.5 Å². The van der Waals surface area contributed by atoms with Crippen LogP contribution in [0.1, 0.15) is 26.7 Å². The van der Waals surface area contributed by atoms with E-state index >= 15 is 0 Å². The standard InChI is InChI=1S/C21H32N4O5S/c1-10-16-15(11(2)26)20(28)24(16)17(21(29)30)18(10)31-13-7-14(22-8-13)19(27)23-12-5-6-25(3,4)9-12/h10-16,22,26H,5-9H2,1-4H3,(H-,23,27,29,30)/p+1/t10-,11-,12+,13+,14+,15-,16-/m1/s1. The van der Waals surface area contributed by atoms with E-state index in [-0.39, 0.29) is 46.8 Å². The summed E-state index contributed by atoms with van der Waals surface area (Å²) in [5.74, 6) is -2.14. The summed E-state index contributed by atoms with van der Waals surface area (Å²) in [5.41, 5.74) is 0.0447. The molecule has 0 aliphatic carbocycles. The smallest absolute Gasteiger partial charge is 0.353 e. The molecule has 172 valence electrons. The zero-order chi connectivity index (χ0) is 22.7. The number of rotatable bonds is 6. The lowest BCUT2D eigenvalue weighted by Crippen LogP contribution is -2.63. The van der Waals surface area contributed by atoms with Crippen molar-refractivity contribution in [1.29, 1.82) is 0 Å². The zero-order valence-electron chi connectivity index (χ0n) is 18.5. The predicted octanol–water partition coefficient (Wildman–Crippen LogP) is -0.431. The molecule has 0 aromatic rings. The van der Waals surface area contributed by atoms with Crippen molar-refractivity contribution in [2.24, 2.45) is 11.8 Å². The number of aliphatic hydroxyl groups excluding tert-OH is 1. The Kier molecular flexibility index (Phi) is 5.87. The van der Waals surface area contributed by atoms with Gasteiger partial charge in [0.05, 0.1) is 57.3 Å². The van der Waals surface area contributed by atoms with Gasteiger partial charge in [0, 0.05) is 29.0 Å². The fraction of sp³-hybridized carbons (Fsp3) is 0.762. The number of hydrogen-bond donors (Lipinski definition) is 4. The molecule has 10 heteroatoms. The van der Waals surface area contributed by atoms with E-state index in [1.807, 2.05) is 6.92 Å². The molecular weight excluding hydrogens is 420 g/mol. The Labute approximate surface area is 186 Å². The molecule has 4 rings (SSSR count). The number of carbonyl (C=O) groups is 3. The number of nitrogens with one attached hydrogen (secondary N) is 2. The van der Waals surface area contributed by atoms with E-state index < -0.39 is 18.0 Å². The number of likely N-dealkylation sites (tertiary alicyclic amines) is 1. The van der Waals surface area contributed by atoms with E-state index in [9.17, 15) is 24.6 Å². The highest BCUT2D eigenvalue weighted by atomic mass is 32.2. The topological polar surface area (TPSA) is 119 Å². The van der Waals surface area contributed by atoms with Gasteiger partial charge in [-0.05, 0) is 13.3 Å². The summed E-state index contributed by atoms with van der Waals surface area (Å²) < 4.78 is 0.912. The summed E-state index contributed by atoms with van der Waals surface area (Å²) in [7, 11) is 4.33. The van der Waals surface area contributed by atoms with Crippen molar-refractivity contribution in [3.63, 3.8) is 0 Å². The van der Waals surface area contributed by atoms with Gasteiger partial charge >= 0.3 is 5.97 Å². The first kappa shape index (κ1) is 22.6. The lowest BCUT2D eigenvalue weighted by atomic mass is 9.79. The van der Waals surface area contributed by atoms with Gasteiger partial charge in [0.25, 0.3) is 0 Å². The molecule has 0 saturated carbocycles. The first-order valence-corrected chi connectivity index (χ1v) is 11.9. The number of aliphatic carboxylic acids is 1. The molecule has 2 amide bonds. The molecule has 31 heavy (non-hydrogen) atoms. The molecule has 3 saturated heterocycles. The van der Waals surface area contributed by atoms with Crippen molar-refractivity contribution in [2.75, 3.05) is 33.7 Å². The molecule has 3 fully saturated rings. The molecule has 7 atom stereocenters. The van der Waals surface area contributed by atoms with Gasteiger partial charge in [-0.2, -0.15) is 0 Å². The molecule has 0 radical (unpaired) electrons. The Morgan fingerprint density at radius 1 is 1.35 bits per heavy atom. The minimum Gasteiger partial charge on any atom is -0.477 e. The van der Waals surface area contributed by atoms with Crippen molar-refractivity contribution in [1.82, 2.24) is 15.5 Å². The van der Waals surface area contributed by atoms with E-state index in [0.29, 0.717) is 17.9 Å². The highest BCUT2D eigenvalue weighted by Gasteiger charge is 2.60. The Bertz CT molecular complexity index is 829. The lowest BCUT2D eigenvalue weighted by Gasteiger charge is -2.46. The van der Waals surface area contributed by atoms with Crippen LogP contribution in [-0.2, 0) is 14.4 Å². The van der Waals surface area contributed by atoms with Crippen LogP contribution in [0, 0.1) is 11.8 Å². The maximum absolute atomic E-state index is 12.7. The van der Waals surface area contributed by atoms with Crippen molar-refractivity contribution in [3.05, 3.63) is 10.6 Å². The maximum Gasteiger partial charge on any atom is 0.353 e. The minimum absolute atomic E-state index is 0.00933. The number of aliphatic hydroxyl groups is 1. The second kappa shape index (κ2) is 8.06. The normalized spacial score (nSPS) is 37.6. The number of β-lactam (4-membered cyclic amide) rings is 1. The van der Waals surface area contributed by atoms with Crippen LogP contribution in [0.5, 0.6) is 0 Å². The van der Waals surface area contributed by atoms with Gasteiger partial charge < -0.3 is 30.2 Å². The molecular formula is C21H33N4O5S+. The second-order valence-corrected chi connectivity index (χ2v) is 11.4. The third-order valence-corrected chi connectivity index (χ3v) is 8.67. The molecule has 0 aromatic heterocycles. The monoisotopic (exact) mass is 453 g/mol.